The minimum absolute atomic E-state index is 0.0319. The fraction of sp³-hybridized carbons (Fsp3) is 0.500. The Bertz CT molecular complexity index is 407. The van der Waals surface area contributed by atoms with Crippen LogP contribution in [0.15, 0.2) is 24.3 Å². The molecule has 0 aliphatic heterocycles. The number of carbonyl (C=O) groups is 1. The smallest absolute Gasteiger partial charge is 0.317 e. The second kappa shape index (κ2) is 6.50. The average molecular weight is 253 g/mol. The van der Waals surface area contributed by atoms with Crippen LogP contribution < -0.4 is 0 Å². The van der Waals surface area contributed by atoms with E-state index in [0.29, 0.717) is 12.5 Å². The van der Waals surface area contributed by atoms with Crippen molar-refractivity contribution < 1.29 is 14.3 Å². The molecule has 0 saturated heterocycles. The van der Waals surface area contributed by atoms with Crippen LogP contribution in [-0.4, -0.2) is 29.1 Å². The minimum atomic E-state index is -0.862. The lowest BCUT2D eigenvalue weighted by Crippen LogP contribution is -2.35. The molecule has 0 aliphatic carbocycles. The largest absolute Gasteiger partial charge is 0.480 e. The van der Waals surface area contributed by atoms with Gasteiger partial charge in [0.05, 0.1) is 6.54 Å². The van der Waals surface area contributed by atoms with Crippen molar-refractivity contribution in [3.05, 3.63) is 35.6 Å². The summed E-state index contributed by atoms with van der Waals surface area (Å²) in [6.45, 7) is 6.61. The first kappa shape index (κ1) is 14.6. The summed E-state index contributed by atoms with van der Waals surface area (Å²) in [5.74, 6) is -0.793. The van der Waals surface area contributed by atoms with Crippen molar-refractivity contribution >= 4 is 5.97 Å². The normalized spacial score (nSPS) is 13.0. The van der Waals surface area contributed by atoms with E-state index in [4.69, 9.17) is 5.11 Å². The van der Waals surface area contributed by atoms with Gasteiger partial charge in [-0.25, -0.2) is 4.39 Å². The van der Waals surface area contributed by atoms with Gasteiger partial charge in [-0.1, -0.05) is 26.0 Å². The highest BCUT2D eigenvalue weighted by molar-refractivity contribution is 5.69. The van der Waals surface area contributed by atoms with Crippen molar-refractivity contribution in [3.8, 4) is 0 Å². The topological polar surface area (TPSA) is 40.5 Å². The third-order valence-electron chi connectivity index (χ3n) is 2.82. The van der Waals surface area contributed by atoms with Crippen molar-refractivity contribution in [1.29, 1.82) is 0 Å². The van der Waals surface area contributed by atoms with Crippen molar-refractivity contribution in [2.24, 2.45) is 5.92 Å². The average Bonchev–Trinajstić information content (AvgIpc) is 2.26. The first-order valence-corrected chi connectivity index (χ1v) is 6.11. The lowest BCUT2D eigenvalue weighted by molar-refractivity contribution is -0.139. The molecular weight excluding hydrogens is 233 g/mol. The van der Waals surface area contributed by atoms with Crippen LogP contribution in [0.3, 0.4) is 0 Å². The van der Waals surface area contributed by atoms with Gasteiger partial charge < -0.3 is 5.11 Å². The SMILES string of the molecule is CC(C)CN(CC(=O)O)C(C)c1cccc(F)c1. The first-order valence-electron chi connectivity index (χ1n) is 6.11. The number of hydrogen-bond donors (Lipinski definition) is 1. The van der Waals surface area contributed by atoms with E-state index < -0.39 is 5.97 Å². The van der Waals surface area contributed by atoms with Crippen LogP contribution in [0, 0.1) is 11.7 Å². The number of carboxylic acids is 1. The Labute approximate surface area is 107 Å². The summed E-state index contributed by atoms with van der Waals surface area (Å²) in [5, 5.41) is 8.93. The fourth-order valence-corrected chi connectivity index (χ4v) is 1.98. The summed E-state index contributed by atoms with van der Waals surface area (Å²) in [7, 11) is 0. The van der Waals surface area contributed by atoms with Crippen LogP contribution >= 0.6 is 0 Å². The summed E-state index contributed by atoms with van der Waals surface area (Å²) < 4.78 is 13.2. The maximum atomic E-state index is 13.2. The van der Waals surface area contributed by atoms with E-state index in [-0.39, 0.29) is 18.4 Å². The van der Waals surface area contributed by atoms with Gasteiger partial charge in [0, 0.05) is 12.6 Å². The van der Waals surface area contributed by atoms with Crippen LogP contribution in [0.2, 0.25) is 0 Å². The van der Waals surface area contributed by atoms with Gasteiger partial charge in [-0.15, -0.1) is 0 Å². The Morgan fingerprint density at radius 2 is 2.06 bits per heavy atom. The molecule has 3 nitrogen and oxygen atoms in total. The molecule has 4 heteroatoms. The molecule has 0 bridgehead atoms. The lowest BCUT2D eigenvalue weighted by Gasteiger charge is -2.29. The van der Waals surface area contributed by atoms with Gasteiger partial charge in [0.1, 0.15) is 5.82 Å². The number of carboxylic acid groups (broad SMARTS) is 1. The Morgan fingerprint density at radius 1 is 1.39 bits per heavy atom. The van der Waals surface area contributed by atoms with E-state index >= 15 is 0 Å². The quantitative estimate of drug-likeness (QED) is 0.847. The van der Waals surface area contributed by atoms with Crippen LogP contribution in [0.1, 0.15) is 32.4 Å². The van der Waals surface area contributed by atoms with Crippen molar-refractivity contribution in [2.75, 3.05) is 13.1 Å². The molecule has 0 amide bonds. The van der Waals surface area contributed by atoms with E-state index in [1.54, 1.807) is 6.07 Å². The monoisotopic (exact) mass is 253 g/mol. The third-order valence-corrected chi connectivity index (χ3v) is 2.82. The molecule has 0 spiro atoms. The van der Waals surface area contributed by atoms with Gasteiger partial charge in [0.15, 0.2) is 0 Å². The summed E-state index contributed by atoms with van der Waals surface area (Å²) in [5.41, 5.74) is 0.803. The number of hydrogen-bond acceptors (Lipinski definition) is 2. The zero-order valence-corrected chi connectivity index (χ0v) is 11.1. The van der Waals surface area contributed by atoms with Gasteiger partial charge >= 0.3 is 5.97 Å². The fourth-order valence-electron chi connectivity index (χ4n) is 1.98. The van der Waals surface area contributed by atoms with E-state index in [2.05, 4.69) is 0 Å². The molecule has 1 unspecified atom stereocenters. The van der Waals surface area contributed by atoms with Crippen LogP contribution in [0.5, 0.6) is 0 Å². The molecule has 0 heterocycles. The molecule has 1 aromatic carbocycles. The van der Waals surface area contributed by atoms with Gasteiger partial charge in [0.25, 0.3) is 0 Å². The van der Waals surface area contributed by atoms with Crippen molar-refractivity contribution in [3.63, 3.8) is 0 Å². The third kappa shape index (κ3) is 4.45. The molecule has 0 saturated carbocycles. The van der Waals surface area contributed by atoms with Gasteiger partial charge in [0.2, 0.25) is 0 Å². The second-order valence-electron chi connectivity index (χ2n) is 4.95. The van der Waals surface area contributed by atoms with Crippen molar-refractivity contribution in [2.45, 2.75) is 26.8 Å². The molecule has 1 atom stereocenters. The maximum absolute atomic E-state index is 13.2. The number of benzene rings is 1. The number of halogens is 1. The highest BCUT2D eigenvalue weighted by Gasteiger charge is 2.19. The molecule has 0 aromatic heterocycles. The van der Waals surface area contributed by atoms with E-state index in [9.17, 15) is 9.18 Å². The Kier molecular flexibility index (Phi) is 5.28. The summed E-state index contributed by atoms with van der Waals surface area (Å²) in [4.78, 5) is 12.7. The van der Waals surface area contributed by atoms with Crippen LogP contribution in [-0.2, 0) is 4.79 Å². The summed E-state index contributed by atoms with van der Waals surface area (Å²) in [6, 6.07) is 6.21. The van der Waals surface area contributed by atoms with Crippen molar-refractivity contribution in [1.82, 2.24) is 4.90 Å². The number of nitrogens with zero attached hydrogens (tertiary/aromatic N) is 1. The standard InChI is InChI=1S/C14H20FNO2/c1-10(2)8-16(9-14(17)18)11(3)12-5-4-6-13(15)7-12/h4-7,10-11H,8-9H2,1-3H3,(H,17,18). The summed E-state index contributed by atoms with van der Waals surface area (Å²) >= 11 is 0. The molecule has 100 valence electrons. The Balaban J connectivity index is 2.86. The van der Waals surface area contributed by atoms with E-state index in [0.717, 1.165) is 5.56 Å². The highest BCUT2D eigenvalue weighted by atomic mass is 19.1. The zero-order chi connectivity index (χ0) is 13.7. The number of aliphatic carboxylic acids is 1. The first-order chi connectivity index (χ1) is 8.40. The highest BCUT2D eigenvalue weighted by Crippen LogP contribution is 2.21. The number of rotatable bonds is 6. The zero-order valence-electron chi connectivity index (χ0n) is 11.1. The summed E-state index contributed by atoms with van der Waals surface area (Å²) in [6.07, 6.45) is 0. The Morgan fingerprint density at radius 3 is 2.56 bits per heavy atom. The lowest BCUT2D eigenvalue weighted by atomic mass is 10.1. The van der Waals surface area contributed by atoms with E-state index in [1.807, 2.05) is 31.7 Å². The van der Waals surface area contributed by atoms with Gasteiger partial charge in [-0.05, 0) is 30.5 Å². The Hall–Kier alpha value is -1.42. The molecule has 1 rings (SSSR count). The molecule has 1 N–H and O–H groups in total. The molecule has 0 aliphatic rings. The molecule has 18 heavy (non-hydrogen) atoms. The minimum Gasteiger partial charge on any atom is -0.480 e. The van der Waals surface area contributed by atoms with E-state index in [1.165, 1.54) is 12.1 Å². The van der Waals surface area contributed by atoms with Gasteiger partial charge in [-0.2, -0.15) is 0 Å². The maximum Gasteiger partial charge on any atom is 0.317 e. The molecular formula is C14H20FNO2. The molecule has 0 radical (unpaired) electrons. The van der Waals surface area contributed by atoms with Gasteiger partial charge in [-0.3, -0.25) is 9.69 Å². The predicted molar refractivity (Wildman–Crippen MR) is 68.9 cm³/mol. The second-order valence-corrected chi connectivity index (χ2v) is 4.95. The predicted octanol–water partition coefficient (Wildman–Crippen LogP) is 2.93. The van der Waals surface area contributed by atoms with Crippen LogP contribution in [0.4, 0.5) is 4.39 Å². The molecule has 1 aromatic rings. The van der Waals surface area contributed by atoms with Crippen LogP contribution in [0.25, 0.3) is 0 Å². The molecule has 0 fully saturated rings.